The first-order valence-corrected chi connectivity index (χ1v) is 5.68. The van der Waals surface area contributed by atoms with Crippen LogP contribution in [0.1, 0.15) is 13.8 Å². The molecule has 16 heavy (non-hydrogen) atoms. The molecule has 0 saturated carbocycles. The largest absolute Gasteiger partial charge is 0.480 e. The Balaban J connectivity index is 4.14. The fraction of sp³-hybridized carbons (Fsp3) is 0.909. The molecule has 0 heterocycles. The highest BCUT2D eigenvalue weighted by Gasteiger charge is 2.17. The zero-order valence-electron chi connectivity index (χ0n) is 10.8. The van der Waals surface area contributed by atoms with E-state index in [4.69, 9.17) is 10.8 Å². The molecule has 0 aromatic heterocycles. The molecule has 5 heteroatoms. The number of carbonyl (C=O) groups is 1. The number of carboxylic acid groups (broad SMARTS) is 1. The van der Waals surface area contributed by atoms with Crippen molar-refractivity contribution in [1.29, 1.82) is 0 Å². The van der Waals surface area contributed by atoms with E-state index in [0.717, 1.165) is 19.6 Å². The van der Waals surface area contributed by atoms with Crippen LogP contribution in [0.25, 0.3) is 0 Å². The minimum absolute atomic E-state index is 0.418. The molecular weight excluding hydrogens is 206 g/mol. The summed E-state index contributed by atoms with van der Waals surface area (Å²) >= 11 is 0. The number of hydrogen-bond acceptors (Lipinski definition) is 4. The highest BCUT2D eigenvalue weighted by atomic mass is 16.4. The number of rotatable bonds is 8. The van der Waals surface area contributed by atoms with Crippen molar-refractivity contribution in [2.75, 3.05) is 40.3 Å². The van der Waals surface area contributed by atoms with E-state index < -0.39 is 12.0 Å². The molecular formula is C11H25N3O2. The number of nitrogens with zero attached hydrogens (tertiary/aromatic N) is 2. The van der Waals surface area contributed by atoms with Gasteiger partial charge >= 0.3 is 5.97 Å². The molecule has 0 spiro atoms. The molecule has 0 aliphatic rings. The predicted molar refractivity (Wildman–Crippen MR) is 65.4 cm³/mol. The lowest BCUT2D eigenvalue weighted by Gasteiger charge is -2.27. The van der Waals surface area contributed by atoms with Crippen LogP contribution in [0.4, 0.5) is 0 Å². The summed E-state index contributed by atoms with van der Waals surface area (Å²) in [5, 5.41) is 8.78. The molecule has 3 N–H and O–H groups in total. The number of aliphatic carboxylic acids is 1. The Kier molecular flexibility index (Phi) is 7.29. The Hall–Kier alpha value is -0.650. The Bertz CT molecular complexity index is 207. The molecule has 0 aromatic rings. The summed E-state index contributed by atoms with van der Waals surface area (Å²) in [7, 11) is 4.01. The zero-order valence-corrected chi connectivity index (χ0v) is 10.8. The van der Waals surface area contributed by atoms with E-state index in [1.165, 1.54) is 0 Å². The summed E-state index contributed by atoms with van der Waals surface area (Å²) in [5.41, 5.74) is 5.54. The number of nitrogens with two attached hydrogens (primary N) is 1. The van der Waals surface area contributed by atoms with E-state index in [9.17, 15) is 4.79 Å². The molecule has 0 rings (SSSR count). The number of hydrogen-bond donors (Lipinski definition) is 2. The Morgan fingerprint density at radius 1 is 1.25 bits per heavy atom. The van der Waals surface area contributed by atoms with Crippen molar-refractivity contribution in [2.24, 2.45) is 11.7 Å². The monoisotopic (exact) mass is 231 g/mol. The molecule has 0 amide bonds. The molecule has 1 atom stereocenters. The highest BCUT2D eigenvalue weighted by molar-refractivity contribution is 5.73. The van der Waals surface area contributed by atoms with Gasteiger partial charge in [-0.1, -0.05) is 13.8 Å². The average Bonchev–Trinajstić information content (AvgIpc) is 2.12. The van der Waals surface area contributed by atoms with E-state index in [0.29, 0.717) is 12.5 Å². The Morgan fingerprint density at radius 2 is 1.81 bits per heavy atom. The van der Waals surface area contributed by atoms with Crippen LogP contribution in [0.5, 0.6) is 0 Å². The standard InChI is InChI=1S/C11H25N3O2/c1-9(2)7-14(6-5-13(3)4)8-10(12)11(15)16/h9-10H,5-8,12H2,1-4H3,(H,15,16). The first-order chi connectivity index (χ1) is 7.32. The van der Waals surface area contributed by atoms with Crippen molar-refractivity contribution in [1.82, 2.24) is 9.80 Å². The Labute approximate surface area is 98.2 Å². The van der Waals surface area contributed by atoms with Crippen LogP contribution in [0.2, 0.25) is 0 Å². The van der Waals surface area contributed by atoms with E-state index in [1.54, 1.807) is 0 Å². The summed E-state index contributed by atoms with van der Waals surface area (Å²) in [5.74, 6) is -0.415. The summed E-state index contributed by atoms with van der Waals surface area (Å²) in [6.07, 6.45) is 0. The third-order valence-corrected chi connectivity index (χ3v) is 2.26. The zero-order chi connectivity index (χ0) is 12.7. The van der Waals surface area contributed by atoms with Gasteiger partial charge in [-0.3, -0.25) is 9.69 Å². The summed E-state index contributed by atoms with van der Waals surface area (Å²) in [6, 6.07) is -0.791. The summed E-state index contributed by atoms with van der Waals surface area (Å²) < 4.78 is 0. The van der Waals surface area contributed by atoms with Crippen molar-refractivity contribution in [3.05, 3.63) is 0 Å². The van der Waals surface area contributed by atoms with Crippen molar-refractivity contribution in [3.8, 4) is 0 Å². The second-order valence-electron chi connectivity index (χ2n) is 4.90. The van der Waals surface area contributed by atoms with Crippen LogP contribution in [-0.2, 0) is 4.79 Å². The Morgan fingerprint density at radius 3 is 2.19 bits per heavy atom. The predicted octanol–water partition coefficient (Wildman–Crippen LogP) is -0.0821. The minimum atomic E-state index is -0.932. The second kappa shape index (κ2) is 7.60. The van der Waals surface area contributed by atoms with Crippen molar-refractivity contribution < 1.29 is 9.90 Å². The average molecular weight is 231 g/mol. The van der Waals surface area contributed by atoms with E-state index in [1.807, 2.05) is 14.1 Å². The lowest BCUT2D eigenvalue weighted by atomic mass is 10.2. The molecule has 0 aliphatic heterocycles. The van der Waals surface area contributed by atoms with Crippen LogP contribution >= 0.6 is 0 Å². The van der Waals surface area contributed by atoms with Crippen LogP contribution < -0.4 is 5.73 Å². The summed E-state index contributed by atoms with van der Waals surface area (Å²) in [6.45, 7) is 7.31. The van der Waals surface area contributed by atoms with Gasteiger partial charge in [-0.2, -0.15) is 0 Å². The van der Waals surface area contributed by atoms with Gasteiger partial charge in [0.05, 0.1) is 0 Å². The van der Waals surface area contributed by atoms with Crippen LogP contribution in [0, 0.1) is 5.92 Å². The maximum absolute atomic E-state index is 10.7. The van der Waals surface area contributed by atoms with Gasteiger partial charge in [0.15, 0.2) is 0 Å². The molecule has 5 nitrogen and oxygen atoms in total. The number of likely N-dealkylation sites (N-methyl/N-ethyl adjacent to an activating group) is 1. The van der Waals surface area contributed by atoms with Gasteiger partial charge in [0.25, 0.3) is 0 Å². The van der Waals surface area contributed by atoms with Gasteiger partial charge in [0, 0.05) is 26.2 Å². The highest BCUT2D eigenvalue weighted by Crippen LogP contribution is 2.00. The first-order valence-electron chi connectivity index (χ1n) is 5.68. The fourth-order valence-electron chi connectivity index (χ4n) is 1.47. The van der Waals surface area contributed by atoms with Crippen LogP contribution in [0.15, 0.2) is 0 Å². The minimum Gasteiger partial charge on any atom is -0.480 e. The molecule has 0 saturated heterocycles. The quantitative estimate of drug-likeness (QED) is 0.611. The third kappa shape index (κ3) is 7.62. The normalized spacial score (nSPS) is 13.8. The van der Waals surface area contributed by atoms with Gasteiger partial charge in [0.2, 0.25) is 0 Å². The van der Waals surface area contributed by atoms with E-state index in [-0.39, 0.29) is 0 Å². The van der Waals surface area contributed by atoms with Crippen molar-refractivity contribution in [3.63, 3.8) is 0 Å². The molecule has 0 bridgehead atoms. The van der Waals surface area contributed by atoms with E-state index in [2.05, 4.69) is 23.6 Å². The van der Waals surface area contributed by atoms with Crippen LogP contribution in [-0.4, -0.2) is 67.2 Å². The maximum Gasteiger partial charge on any atom is 0.321 e. The summed E-state index contributed by atoms with van der Waals surface area (Å²) in [4.78, 5) is 14.9. The third-order valence-electron chi connectivity index (χ3n) is 2.26. The van der Waals surface area contributed by atoms with Gasteiger partial charge in [-0.25, -0.2) is 0 Å². The van der Waals surface area contributed by atoms with Gasteiger partial charge < -0.3 is 15.7 Å². The van der Waals surface area contributed by atoms with Gasteiger partial charge in [0.1, 0.15) is 6.04 Å². The fourth-order valence-corrected chi connectivity index (χ4v) is 1.47. The lowest BCUT2D eigenvalue weighted by Crippen LogP contribution is -2.45. The molecule has 1 unspecified atom stereocenters. The topological polar surface area (TPSA) is 69.8 Å². The molecule has 0 radical (unpaired) electrons. The smallest absolute Gasteiger partial charge is 0.321 e. The number of carboxylic acids is 1. The SMILES string of the molecule is CC(C)CN(CCN(C)C)CC(N)C(=O)O. The molecule has 0 aromatic carbocycles. The van der Waals surface area contributed by atoms with Crippen molar-refractivity contribution in [2.45, 2.75) is 19.9 Å². The molecule has 0 fully saturated rings. The second-order valence-corrected chi connectivity index (χ2v) is 4.90. The van der Waals surface area contributed by atoms with Crippen molar-refractivity contribution >= 4 is 5.97 Å². The molecule has 0 aliphatic carbocycles. The lowest BCUT2D eigenvalue weighted by molar-refractivity contribution is -0.139. The van der Waals surface area contributed by atoms with Crippen LogP contribution in [0.3, 0.4) is 0 Å². The maximum atomic E-state index is 10.7. The van der Waals surface area contributed by atoms with Gasteiger partial charge in [-0.05, 0) is 20.0 Å². The molecule has 96 valence electrons. The first kappa shape index (κ1) is 15.3. The van der Waals surface area contributed by atoms with Gasteiger partial charge in [-0.15, -0.1) is 0 Å². The van der Waals surface area contributed by atoms with E-state index >= 15 is 0 Å².